The van der Waals surface area contributed by atoms with Crippen LogP contribution in [0.3, 0.4) is 0 Å². The minimum Gasteiger partial charge on any atom is -0.548 e. The molecule has 0 radical (unpaired) electrons. The van der Waals surface area contributed by atoms with E-state index in [0.717, 1.165) is 0 Å². The molecule has 2 aliphatic heterocycles. The SMILES string of the molecule is CC(Oc1ccccc1O)C(=O)NC1C(=O)N2C1SC(C)(C)C2C(=O)[O-]. The zero-order valence-electron chi connectivity index (χ0n) is 14.5. The van der Waals surface area contributed by atoms with E-state index in [0.29, 0.717) is 0 Å². The van der Waals surface area contributed by atoms with Gasteiger partial charge in [0.25, 0.3) is 5.91 Å². The summed E-state index contributed by atoms with van der Waals surface area (Å²) in [5, 5.41) is 23.2. The van der Waals surface area contributed by atoms with E-state index < -0.39 is 46.1 Å². The van der Waals surface area contributed by atoms with E-state index in [4.69, 9.17) is 4.74 Å². The first-order chi connectivity index (χ1) is 12.1. The number of thioether (sulfide) groups is 1. The lowest BCUT2D eigenvalue weighted by molar-refractivity contribution is -0.312. The Hall–Kier alpha value is -2.42. The number of aromatic hydroxyl groups is 1. The predicted molar refractivity (Wildman–Crippen MR) is 91.2 cm³/mol. The van der Waals surface area contributed by atoms with E-state index in [1.807, 2.05) is 0 Å². The van der Waals surface area contributed by atoms with Crippen molar-refractivity contribution in [2.24, 2.45) is 0 Å². The summed E-state index contributed by atoms with van der Waals surface area (Å²) in [5.41, 5.74) is 0. The highest BCUT2D eigenvalue weighted by atomic mass is 32.2. The molecule has 1 aromatic rings. The first kappa shape index (κ1) is 18.4. The van der Waals surface area contributed by atoms with Gasteiger partial charge in [-0.3, -0.25) is 9.59 Å². The largest absolute Gasteiger partial charge is 0.548 e. The number of carbonyl (C=O) groups is 3. The molecular formula is C17H19N2O6S-. The van der Waals surface area contributed by atoms with E-state index >= 15 is 0 Å². The zero-order chi connectivity index (χ0) is 19.2. The molecule has 8 nitrogen and oxygen atoms in total. The average Bonchev–Trinajstić information content (AvgIpc) is 2.82. The van der Waals surface area contributed by atoms with Crippen molar-refractivity contribution in [2.45, 2.75) is 49.1 Å². The number of benzene rings is 1. The number of para-hydroxylation sites is 2. The molecule has 2 heterocycles. The quantitative estimate of drug-likeness (QED) is 0.659. The summed E-state index contributed by atoms with van der Waals surface area (Å²) in [6, 6.07) is 4.39. The van der Waals surface area contributed by atoms with Gasteiger partial charge < -0.3 is 30.0 Å². The number of aliphatic carboxylic acids is 1. The lowest BCUT2D eigenvalue weighted by Gasteiger charge is -2.45. The molecule has 2 saturated heterocycles. The molecule has 0 spiro atoms. The van der Waals surface area contributed by atoms with Crippen molar-refractivity contribution in [3.8, 4) is 11.5 Å². The van der Waals surface area contributed by atoms with Crippen molar-refractivity contribution < 1.29 is 29.3 Å². The number of nitrogens with zero attached hydrogens (tertiary/aromatic N) is 1. The lowest BCUT2D eigenvalue weighted by Crippen LogP contribution is -2.72. The van der Waals surface area contributed by atoms with Gasteiger partial charge in [-0.1, -0.05) is 12.1 Å². The van der Waals surface area contributed by atoms with Crippen LogP contribution in [-0.2, 0) is 14.4 Å². The number of fused-ring (bicyclic) bond motifs is 1. The molecule has 0 bridgehead atoms. The van der Waals surface area contributed by atoms with Crippen LogP contribution in [0.4, 0.5) is 0 Å². The maximum absolute atomic E-state index is 12.3. The second-order valence-electron chi connectivity index (χ2n) is 6.79. The monoisotopic (exact) mass is 379 g/mol. The van der Waals surface area contributed by atoms with Gasteiger partial charge in [0, 0.05) is 4.75 Å². The van der Waals surface area contributed by atoms with Gasteiger partial charge >= 0.3 is 0 Å². The van der Waals surface area contributed by atoms with Crippen molar-refractivity contribution in [1.82, 2.24) is 10.2 Å². The molecule has 3 rings (SSSR count). The van der Waals surface area contributed by atoms with Crippen LogP contribution < -0.4 is 15.2 Å². The maximum atomic E-state index is 12.3. The van der Waals surface area contributed by atoms with Gasteiger partial charge in [0.2, 0.25) is 5.91 Å². The number of carboxylic acid groups (broad SMARTS) is 1. The Bertz CT molecular complexity index is 767. The molecule has 1 aromatic carbocycles. The second-order valence-corrected chi connectivity index (χ2v) is 8.56. The number of β-lactam (4-membered cyclic amide) rings is 1. The number of carboxylic acids is 1. The van der Waals surface area contributed by atoms with Crippen LogP contribution in [0, 0.1) is 0 Å². The molecule has 0 aliphatic carbocycles. The van der Waals surface area contributed by atoms with Crippen LogP contribution in [-0.4, -0.2) is 56.1 Å². The molecule has 4 unspecified atom stereocenters. The summed E-state index contributed by atoms with van der Waals surface area (Å²) in [4.78, 5) is 37.3. The van der Waals surface area contributed by atoms with Gasteiger partial charge in [0.05, 0.1) is 12.0 Å². The number of phenolic OH excluding ortho intramolecular Hbond substituents is 1. The average molecular weight is 379 g/mol. The van der Waals surface area contributed by atoms with Crippen LogP contribution in [0.1, 0.15) is 20.8 Å². The Morgan fingerprint density at radius 1 is 1.38 bits per heavy atom. The third-order valence-corrected chi connectivity index (χ3v) is 6.07. The van der Waals surface area contributed by atoms with Gasteiger partial charge in [-0.15, -0.1) is 11.8 Å². The van der Waals surface area contributed by atoms with Crippen molar-refractivity contribution >= 4 is 29.5 Å². The van der Waals surface area contributed by atoms with Gasteiger partial charge in [-0.05, 0) is 32.9 Å². The highest BCUT2D eigenvalue weighted by molar-refractivity contribution is 8.01. The molecule has 2 fully saturated rings. The standard InChI is InChI=1S/C17H20N2O6S/c1-8(25-10-7-5-4-6-9(10)20)13(21)18-11-14(22)19-12(16(23)24)17(2,3)26-15(11)19/h4-8,11-12,15,20H,1-3H3,(H,18,21)(H,23,24)/p-1. The number of nitrogens with one attached hydrogen (secondary N) is 1. The predicted octanol–water partition coefficient (Wildman–Crippen LogP) is -0.543. The van der Waals surface area contributed by atoms with Crippen LogP contribution in [0.5, 0.6) is 11.5 Å². The van der Waals surface area contributed by atoms with Gasteiger partial charge in [0.1, 0.15) is 11.4 Å². The van der Waals surface area contributed by atoms with Gasteiger partial charge in [-0.2, -0.15) is 0 Å². The summed E-state index contributed by atoms with van der Waals surface area (Å²) in [6.07, 6.45) is -0.943. The zero-order valence-corrected chi connectivity index (χ0v) is 15.3. The fourth-order valence-corrected chi connectivity index (χ4v) is 4.82. The molecule has 0 saturated carbocycles. The van der Waals surface area contributed by atoms with Gasteiger partial charge in [-0.25, -0.2) is 0 Å². The normalized spacial score (nSPS) is 27.3. The maximum Gasteiger partial charge on any atom is 0.261 e. The first-order valence-electron chi connectivity index (χ1n) is 8.09. The summed E-state index contributed by atoms with van der Waals surface area (Å²) in [7, 11) is 0. The third kappa shape index (κ3) is 2.96. The van der Waals surface area contributed by atoms with Crippen LogP contribution >= 0.6 is 11.8 Å². The van der Waals surface area contributed by atoms with Gasteiger partial charge in [0.15, 0.2) is 17.6 Å². The highest BCUT2D eigenvalue weighted by Gasteiger charge is 2.62. The van der Waals surface area contributed by atoms with E-state index in [9.17, 15) is 24.6 Å². The number of hydrogen-bond acceptors (Lipinski definition) is 7. The van der Waals surface area contributed by atoms with E-state index in [1.54, 1.807) is 26.0 Å². The third-order valence-electron chi connectivity index (χ3n) is 4.50. The number of carbonyl (C=O) groups excluding carboxylic acids is 3. The Labute approximate surface area is 154 Å². The summed E-state index contributed by atoms with van der Waals surface area (Å²) >= 11 is 1.31. The Morgan fingerprint density at radius 3 is 2.65 bits per heavy atom. The Kier molecular flexibility index (Phi) is 4.51. The fraction of sp³-hybridized carbons (Fsp3) is 0.471. The van der Waals surface area contributed by atoms with Crippen molar-refractivity contribution in [1.29, 1.82) is 0 Å². The minimum atomic E-state index is -1.31. The second kappa shape index (κ2) is 6.39. The molecule has 2 N–H and O–H groups in total. The number of ether oxygens (including phenoxy) is 1. The molecule has 9 heteroatoms. The topological polar surface area (TPSA) is 119 Å². The molecule has 2 amide bonds. The number of phenols is 1. The number of amides is 2. The van der Waals surface area contributed by atoms with E-state index in [1.165, 1.54) is 35.7 Å². The van der Waals surface area contributed by atoms with Crippen molar-refractivity contribution in [3.05, 3.63) is 24.3 Å². The van der Waals surface area contributed by atoms with E-state index in [2.05, 4.69) is 5.32 Å². The number of hydrogen-bond donors (Lipinski definition) is 2. The smallest absolute Gasteiger partial charge is 0.261 e. The summed E-state index contributed by atoms with van der Waals surface area (Å²) in [6.45, 7) is 4.96. The fourth-order valence-electron chi connectivity index (χ4n) is 3.20. The molecule has 140 valence electrons. The minimum absolute atomic E-state index is 0.0945. The molecular weight excluding hydrogens is 360 g/mol. The number of rotatable bonds is 5. The summed E-state index contributed by atoms with van der Waals surface area (Å²) < 4.78 is 4.71. The van der Waals surface area contributed by atoms with E-state index in [-0.39, 0.29) is 11.5 Å². The van der Waals surface area contributed by atoms with Crippen molar-refractivity contribution in [3.63, 3.8) is 0 Å². The van der Waals surface area contributed by atoms with Crippen LogP contribution in [0.25, 0.3) is 0 Å². The summed E-state index contributed by atoms with van der Waals surface area (Å²) in [5.74, 6) is -2.22. The molecule has 0 aromatic heterocycles. The highest BCUT2D eigenvalue weighted by Crippen LogP contribution is 2.50. The molecule has 2 aliphatic rings. The van der Waals surface area contributed by atoms with Crippen LogP contribution in [0.2, 0.25) is 0 Å². The van der Waals surface area contributed by atoms with Crippen LogP contribution in [0.15, 0.2) is 24.3 Å². The van der Waals surface area contributed by atoms with Crippen molar-refractivity contribution in [2.75, 3.05) is 0 Å². The molecule has 26 heavy (non-hydrogen) atoms. The first-order valence-corrected chi connectivity index (χ1v) is 8.97. The Balaban J connectivity index is 1.65. The molecule has 4 atom stereocenters. The Morgan fingerprint density at radius 2 is 2.04 bits per heavy atom. The lowest BCUT2D eigenvalue weighted by atomic mass is 9.96.